The van der Waals surface area contributed by atoms with E-state index in [0.29, 0.717) is 6.04 Å². The van der Waals surface area contributed by atoms with Crippen molar-refractivity contribution in [2.45, 2.75) is 39.5 Å². The Balaban J connectivity index is 2.05. The predicted molar refractivity (Wildman–Crippen MR) is 81.3 cm³/mol. The maximum Gasteiger partial charge on any atom is 0.0697 e. The molecule has 2 nitrogen and oxygen atoms in total. The Labute approximate surface area is 115 Å². The minimum Gasteiger partial charge on any atom is -0.377 e. The van der Waals surface area contributed by atoms with Crippen molar-refractivity contribution >= 4 is 10.8 Å². The summed E-state index contributed by atoms with van der Waals surface area (Å²) in [5.74, 6) is 0. The first-order valence-electron chi connectivity index (χ1n) is 7.04. The summed E-state index contributed by atoms with van der Waals surface area (Å²) in [6.07, 6.45) is 0.236. The zero-order valence-corrected chi connectivity index (χ0v) is 12.0. The number of fused-ring (bicyclic) bond motifs is 1. The molecule has 0 fully saturated rings. The Morgan fingerprint density at radius 1 is 1.05 bits per heavy atom. The van der Waals surface area contributed by atoms with Crippen LogP contribution < -0.4 is 5.32 Å². The Morgan fingerprint density at radius 3 is 2.58 bits per heavy atom. The third-order valence-corrected chi connectivity index (χ3v) is 3.63. The average Bonchev–Trinajstić information content (AvgIpc) is 2.45. The van der Waals surface area contributed by atoms with Crippen molar-refractivity contribution in [3.8, 4) is 0 Å². The highest BCUT2D eigenvalue weighted by molar-refractivity contribution is 5.85. The van der Waals surface area contributed by atoms with Crippen LogP contribution in [0, 0.1) is 0 Å². The molecule has 1 N–H and O–H groups in total. The molecule has 2 atom stereocenters. The molecule has 1 unspecified atom stereocenters. The zero-order chi connectivity index (χ0) is 13.7. The lowest BCUT2D eigenvalue weighted by atomic mass is 10.0. The minimum atomic E-state index is 0.236. The van der Waals surface area contributed by atoms with Gasteiger partial charge in [0.05, 0.1) is 6.10 Å². The highest BCUT2D eigenvalue weighted by atomic mass is 16.5. The summed E-state index contributed by atoms with van der Waals surface area (Å²) in [5.41, 5.74) is 1.34. The van der Waals surface area contributed by atoms with Crippen LogP contribution >= 0.6 is 0 Å². The Morgan fingerprint density at radius 2 is 1.79 bits per heavy atom. The molecule has 0 aliphatic carbocycles. The molecule has 2 aromatic carbocycles. The van der Waals surface area contributed by atoms with E-state index in [1.807, 2.05) is 6.92 Å². The molecule has 0 heterocycles. The second kappa shape index (κ2) is 6.69. The number of nitrogens with one attached hydrogen (secondary N) is 1. The van der Waals surface area contributed by atoms with Crippen LogP contribution in [0.15, 0.2) is 42.5 Å². The van der Waals surface area contributed by atoms with Gasteiger partial charge in [0.15, 0.2) is 0 Å². The Bertz CT molecular complexity index is 518. The van der Waals surface area contributed by atoms with Crippen molar-refractivity contribution in [3.63, 3.8) is 0 Å². The van der Waals surface area contributed by atoms with E-state index in [1.54, 1.807) is 0 Å². The van der Waals surface area contributed by atoms with E-state index in [2.05, 4.69) is 61.6 Å². The molecule has 0 radical (unpaired) electrons. The minimum absolute atomic E-state index is 0.236. The van der Waals surface area contributed by atoms with Gasteiger partial charge in [0, 0.05) is 19.2 Å². The van der Waals surface area contributed by atoms with Gasteiger partial charge in [-0.05, 0) is 37.1 Å². The van der Waals surface area contributed by atoms with E-state index in [0.717, 1.165) is 13.2 Å². The molecule has 2 aromatic rings. The first kappa shape index (κ1) is 14.0. The molecule has 0 aliphatic heterocycles. The molecule has 19 heavy (non-hydrogen) atoms. The molecule has 0 saturated carbocycles. The van der Waals surface area contributed by atoms with Gasteiger partial charge in [0.2, 0.25) is 0 Å². The van der Waals surface area contributed by atoms with E-state index >= 15 is 0 Å². The largest absolute Gasteiger partial charge is 0.377 e. The summed E-state index contributed by atoms with van der Waals surface area (Å²) < 4.78 is 5.62. The topological polar surface area (TPSA) is 21.3 Å². The molecule has 0 spiro atoms. The van der Waals surface area contributed by atoms with Gasteiger partial charge in [-0.25, -0.2) is 0 Å². The summed E-state index contributed by atoms with van der Waals surface area (Å²) in [6, 6.07) is 15.3. The van der Waals surface area contributed by atoms with Crippen LogP contribution in [0.2, 0.25) is 0 Å². The number of rotatable bonds is 6. The summed E-state index contributed by atoms with van der Waals surface area (Å²) >= 11 is 0. The third-order valence-electron chi connectivity index (χ3n) is 3.63. The lowest BCUT2D eigenvalue weighted by Crippen LogP contribution is -2.36. The van der Waals surface area contributed by atoms with Crippen LogP contribution in [0.5, 0.6) is 0 Å². The monoisotopic (exact) mass is 257 g/mol. The van der Waals surface area contributed by atoms with Crippen LogP contribution in [0.4, 0.5) is 0 Å². The fourth-order valence-electron chi connectivity index (χ4n) is 2.29. The molecular formula is C17H23NO. The average molecular weight is 257 g/mol. The first-order valence-corrected chi connectivity index (χ1v) is 7.04. The standard InChI is InChI=1S/C17H23NO/c1-4-19-14(3)13(2)18-12-16-10-7-9-15-8-5-6-11-17(15)16/h5-11,13-14,18H,4,12H2,1-3H3/t13-,14?/m0/s1. The smallest absolute Gasteiger partial charge is 0.0697 e. The predicted octanol–water partition coefficient (Wildman–Crippen LogP) is 3.74. The molecule has 0 aromatic heterocycles. The van der Waals surface area contributed by atoms with E-state index in [9.17, 15) is 0 Å². The lowest BCUT2D eigenvalue weighted by molar-refractivity contribution is 0.0518. The fourth-order valence-corrected chi connectivity index (χ4v) is 2.29. The highest BCUT2D eigenvalue weighted by Gasteiger charge is 2.11. The van der Waals surface area contributed by atoms with E-state index in [4.69, 9.17) is 4.74 Å². The summed E-state index contributed by atoms with van der Waals surface area (Å²) in [5, 5.41) is 6.18. The van der Waals surface area contributed by atoms with Gasteiger partial charge >= 0.3 is 0 Å². The third kappa shape index (κ3) is 3.55. The van der Waals surface area contributed by atoms with Crippen LogP contribution in [0.3, 0.4) is 0 Å². The quantitative estimate of drug-likeness (QED) is 0.851. The second-order valence-electron chi connectivity index (χ2n) is 4.97. The van der Waals surface area contributed by atoms with Gasteiger partial charge in [0.25, 0.3) is 0 Å². The molecular weight excluding hydrogens is 234 g/mol. The van der Waals surface area contributed by atoms with Crippen molar-refractivity contribution in [1.82, 2.24) is 5.32 Å². The van der Waals surface area contributed by atoms with Crippen LogP contribution in [0.25, 0.3) is 10.8 Å². The van der Waals surface area contributed by atoms with Crippen molar-refractivity contribution < 1.29 is 4.74 Å². The second-order valence-corrected chi connectivity index (χ2v) is 4.97. The maximum absolute atomic E-state index is 5.62. The van der Waals surface area contributed by atoms with Crippen molar-refractivity contribution in [3.05, 3.63) is 48.0 Å². The van der Waals surface area contributed by atoms with Gasteiger partial charge in [-0.1, -0.05) is 42.5 Å². The molecule has 0 saturated heterocycles. The number of ether oxygens (including phenoxy) is 1. The lowest BCUT2D eigenvalue weighted by Gasteiger charge is -2.21. The van der Waals surface area contributed by atoms with Crippen LogP contribution in [-0.2, 0) is 11.3 Å². The summed E-state index contributed by atoms with van der Waals surface area (Å²) in [7, 11) is 0. The van der Waals surface area contributed by atoms with Gasteiger partial charge < -0.3 is 10.1 Å². The van der Waals surface area contributed by atoms with E-state index in [1.165, 1.54) is 16.3 Å². The van der Waals surface area contributed by atoms with Gasteiger partial charge in [-0.15, -0.1) is 0 Å². The highest BCUT2D eigenvalue weighted by Crippen LogP contribution is 2.18. The SMILES string of the molecule is CCOC(C)[C@H](C)NCc1cccc2ccccc12. The molecule has 0 bridgehead atoms. The van der Waals surface area contributed by atoms with Gasteiger partial charge in [-0.2, -0.15) is 0 Å². The molecule has 0 aliphatic rings. The zero-order valence-electron chi connectivity index (χ0n) is 12.0. The fraction of sp³-hybridized carbons (Fsp3) is 0.412. The van der Waals surface area contributed by atoms with Crippen LogP contribution in [-0.4, -0.2) is 18.8 Å². The summed E-state index contributed by atoms with van der Waals surface area (Å²) in [6.45, 7) is 7.96. The van der Waals surface area contributed by atoms with E-state index in [-0.39, 0.29) is 6.10 Å². The Kier molecular flexibility index (Phi) is 4.94. The molecule has 0 amide bonds. The molecule has 2 rings (SSSR count). The first-order chi connectivity index (χ1) is 9.22. The molecule has 102 valence electrons. The number of hydrogen-bond acceptors (Lipinski definition) is 2. The van der Waals surface area contributed by atoms with Crippen LogP contribution in [0.1, 0.15) is 26.3 Å². The maximum atomic E-state index is 5.62. The normalized spacial score (nSPS) is 14.5. The van der Waals surface area contributed by atoms with Crippen molar-refractivity contribution in [2.75, 3.05) is 6.61 Å². The van der Waals surface area contributed by atoms with Crippen molar-refractivity contribution in [1.29, 1.82) is 0 Å². The van der Waals surface area contributed by atoms with Crippen molar-refractivity contribution in [2.24, 2.45) is 0 Å². The Hall–Kier alpha value is -1.38. The van der Waals surface area contributed by atoms with Gasteiger partial charge in [-0.3, -0.25) is 0 Å². The number of benzene rings is 2. The number of hydrogen-bond donors (Lipinski definition) is 1. The summed E-state index contributed by atoms with van der Waals surface area (Å²) in [4.78, 5) is 0. The van der Waals surface area contributed by atoms with E-state index < -0.39 is 0 Å². The molecule has 2 heteroatoms. The van der Waals surface area contributed by atoms with Gasteiger partial charge in [0.1, 0.15) is 0 Å².